The van der Waals surface area contributed by atoms with Crippen LogP contribution in [-0.4, -0.2) is 16.4 Å². The number of rotatable bonds is 3. The summed E-state index contributed by atoms with van der Waals surface area (Å²) in [4.78, 5) is 5.85. The van der Waals surface area contributed by atoms with E-state index in [1.807, 2.05) is 0 Å². The highest BCUT2D eigenvalue weighted by Crippen LogP contribution is 2.44. The summed E-state index contributed by atoms with van der Waals surface area (Å²) < 4.78 is 0. The Labute approximate surface area is 106 Å². The van der Waals surface area contributed by atoms with Crippen LogP contribution in [0.4, 0.5) is 0 Å². The summed E-state index contributed by atoms with van der Waals surface area (Å²) in [6.07, 6.45) is 1.07. The van der Waals surface area contributed by atoms with Crippen LogP contribution in [0.15, 0.2) is 0 Å². The molecule has 0 bridgehead atoms. The Morgan fingerprint density at radius 3 is 2.62 bits per heavy atom. The Balaban J connectivity index is 1.89. The Hall–Kier alpha value is -0.120. The number of alkyl halides is 1. The molecule has 1 saturated carbocycles. The molecule has 2 nitrogen and oxygen atoms in total. The van der Waals surface area contributed by atoms with Gasteiger partial charge >= 0.3 is 0 Å². The summed E-state index contributed by atoms with van der Waals surface area (Å²) in [6.45, 7) is 9.52. The fourth-order valence-electron chi connectivity index (χ4n) is 2.04. The molecule has 1 N–H and O–H groups in total. The highest BCUT2D eigenvalue weighted by Gasteiger charge is 2.46. The summed E-state index contributed by atoms with van der Waals surface area (Å²) in [5, 5.41) is 5.05. The van der Waals surface area contributed by atoms with Crippen molar-refractivity contribution in [1.82, 2.24) is 10.3 Å². The standard InChI is InChI=1S/C12H19ClN2S/c1-7-8(2)16-11(15-7)6-14-10-5-9(13)12(10,3)4/h9-10,14H,5-6H2,1-4H3. The van der Waals surface area contributed by atoms with Gasteiger partial charge in [0.15, 0.2) is 0 Å². The predicted octanol–water partition coefficient (Wildman–Crippen LogP) is 3.26. The van der Waals surface area contributed by atoms with Gasteiger partial charge in [-0.15, -0.1) is 22.9 Å². The van der Waals surface area contributed by atoms with E-state index in [9.17, 15) is 0 Å². The zero-order valence-electron chi connectivity index (χ0n) is 10.3. The number of hydrogen-bond acceptors (Lipinski definition) is 3. The molecule has 1 fully saturated rings. The summed E-state index contributed by atoms with van der Waals surface area (Å²) in [5.74, 6) is 0. The average molecular weight is 259 g/mol. The van der Waals surface area contributed by atoms with Crippen molar-refractivity contribution in [2.45, 2.75) is 52.1 Å². The van der Waals surface area contributed by atoms with Crippen molar-refractivity contribution in [2.24, 2.45) is 5.41 Å². The summed E-state index contributed by atoms with van der Waals surface area (Å²) in [6, 6.07) is 0.527. The molecule has 2 unspecified atom stereocenters. The molecule has 1 aliphatic rings. The van der Waals surface area contributed by atoms with Crippen LogP contribution < -0.4 is 5.32 Å². The van der Waals surface area contributed by atoms with Gasteiger partial charge in [-0.3, -0.25) is 0 Å². The monoisotopic (exact) mass is 258 g/mol. The summed E-state index contributed by atoms with van der Waals surface area (Å²) >= 11 is 7.98. The molecule has 0 saturated heterocycles. The number of nitrogens with zero attached hydrogens (tertiary/aromatic N) is 1. The van der Waals surface area contributed by atoms with Crippen LogP contribution >= 0.6 is 22.9 Å². The van der Waals surface area contributed by atoms with E-state index < -0.39 is 0 Å². The van der Waals surface area contributed by atoms with E-state index in [1.165, 1.54) is 9.88 Å². The number of aromatic nitrogens is 1. The number of thiazole rings is 1. The lowest BCUT2D eigenvalue weighted by Crippen LogP contribution is -2.57. The topological polar surface area (TPSA) is 24.9 Å². The second kappa shape index (κ2) is 4.28. The SMILES string of the molecule is Cc1nc(CNC2CC(Cl)C2(C)C)sc1C. The lowest BCUT2D eigenvalue weighted by Gasteiger charge is -2.49. The second-order valence-electron chi connectivity index (χ2n) is 5.21. The number of hydrogen-bond donors (Lipinski definition) is 1. The van der Waals surface area contributed by atoms with Crippen molar-refractivity contribution in [3.8, 4) is 0 Å². The molecule has 0 radical (unpaired) electrons. The molecule has 0 aliphatic heterocycles. The third-order valence-corrected chi connectivity index (χ3v) is 5.53. The van der Waals surface area contributed by atoms with Gasteiger partial charge in [0.05, 0.1) is 5.69 Å². The van der Waals surface area contributed by atoms with E-state index in [-0.39, 0.29) is 5.41 Å². The summed E-state index contributed by atoms with van der Waals surface area (Å²) in [7, 11) is 0. The summed E-state index contributed by atoms with van der Waals surface area (Å²) in [5.41, 5.74) is 1.37. The number of nitrogens with one attached hydrogen (secondary N) is 1. The van der Waals surface area contributed by atoms with Gasteiger partial charge in [-0.2, -0.15) is 0 Å². The minimum absolute atomic E-state index is 0.211. The third-order valence-electron chi connectivity index (χ3n) is 3.72. The van der Waals surface area contributed by atoms with Crippen LogP contribution in [0.3, 0.4) is 0 Å². The molecule has 90 valence electrons. The molecular weight excluding hydrogens is 240 g/mol. The smallest absolute Gasteiger partial charge is 0.107 e. The molecule has 2 rings (SSSR count). The Kier molecular flexibility index (Phi) is 3.30. The molecular formula is C12H19ClN2S. The predicted molar refractivity (Wildman–Crippen MR) is 70.3 cm³/mol. The highest BCUT2D eigenvalue weighted by atomic mass is 35.5. The van der Waals surface area contributed by atoms with Gasteiger partial charge in [-0.25, -0.2) is 4.98 Å². The molecule has 0 aromatic carbocycles. The van der Waals surface area contributed by atoms with Crippen LogP contribution in [0.25, 0.3) is 0 Å². The van der Waals surface area contributed by atoms with E-state index in [0.29, 0.717) is 11.4 Å². The quantitative estimate of drug-likeness (QED) is 0.842. The van der Waals surface area contributed by atoms with Crippen molar-refractivity contribution in [2.75, 3.05) is 0 Å². The Morgan fingerprint density at radius 2 is 2.19 bits per heavy atom. The van der Waals surface area contributed by atoms with E-state index >= 15 is 0 Å². The van der Waals surface area contributed by atoms with Gasteiger partial charge in [-0.1, -0.05) is 13.8 Å². The van der Waals surface area contributed by atoms with E-state index in [4.69, 9.17) is 11.6 Å². The molecule has 1 heterocycles. The lowest BCUT2D eigenvalue weighted by atomic mass is 9.67. The average Bonchev–Trinajstić information content (AvgIpc) is 2.53. The fourth-order valence-corrected chi connectivity index (χ4v) is 3.26. The first-order chi connectivity index (χ1) is 7.41. The van der Waals surface area contributed by atoms with Crippen LogP contribution in [-0.2, 0) is 6.54 Å². The van der Waals surface area contributed by atoms with Crippen molar-refractivity contribution in [1.29, 1.82) is 0 Å². The first-order valence-corrected chi connectivity index (χ1v) is 6.97. The van der Waals surface area contributed by atoms with Crippen LogP contribution in [0, 0.1) is 19.3 Å². The minimum Gasteiger partial charge on any atom is -0.307 e. The maximum Gasteiger partial charge on any atom is 0.107 e. The molecule has 1 aromatic rings. The van der Waals surface area contributed by atoms with Crippen LogP contribution in [0.1, 0.15) is 35.8 Å². The lowest BCUT2D eigenvalue weighted by molar-refractivity contribution is 0.115. The van der Waals surface area contributed by atoms with Crippen molar-refractivity contribution in [3.63, 3.8) is 0 Å². The first kappa shape index (κ1) is 12.3. The molecule has 0 amide bonds. The maximum atomic E-state index is 6.19. The maximum absolute atomic E-state index is 6.19. The molecule has 4 heteroatoms. The zero-order chi connectivity index (χ0) is 11.9. The minimum atomic E-state index is 0.211. The van der Waals surface area contributed by atoms with Gasteiger partial charge in [0.1, 0.15) is 5.01 Å². The third kappa shape index (κ3) is 2.13. The molecule has 2 atom stereocenters. The number of halogens is 1. The number of aryl methyl sites for hydroxylation is 2. The molecule has 1 aromatic heterocycles. The van der Waals surface area contributed by atoms with Gasteiger partial charge in [0.25, 0.3) is 0 Å². The van der Waals surface area contributed by atoms with Gasteiger partial charge in [0.2, 0.25) is 0 Å². The Bertz CT molecular complexity index is 367. The van der Waals surface area contributed by atoms with Gasteiger partial charge in [-0.05, 0) is 25.7 Å². The second-order valence-corrected chi connectivity index (χ2v) is 7.02. The first-order valence-electron chi connectivity index (χ1n) is 5.71. The van der Waals surface area contributed by atoms with Crippen molar-refractivity contribution in [3.05, 3.63) is 15.6 Å². The highest BCUT2D eigenvalue weighted by molar-refractivity contribution is 7.11. The van der Waals surface area contributed by atoms with Crippen molar-refractivity contribution >= 4 is 22.9 Å². The van der Waals surface area contributed by atoms with Crippen LogP contribution in [0.2, 0.25) is 0 Å². The molecule has 0 spiro atoms. The fraction of sp³-hybridized carbons (Fsp3) is 0.750. The van der Waals surface area contributed by atoms with E-state index in [1.54, 1.807) is 11.3 Å². The molecule has 16 heavy (non-hydrogen) atoms. The largest absolute Gasteiger partial charge is 0.307 e. The molecule has 1 aliphatic carbocycles. The zero-order valence-corrected chi connectivity index (χ0v) is 11.9. The van der Waals surface area contributed by atoms with Crippen LogP contribution in [0.5, 0.6) is 0 Å². The van der Waals surface area contributed by atoms with E-state index in [2.05, 4.69) is 38.0 Å². The van der Waals surface area contributed by atoms with Gasteiger partial charge in [0, 0.05) is 22.8 Å². The van der Waals surface area contributed by atoms with E-state index in [0.717, 1.165) is 18.7 Å². The van der Waals surface area contributed by atoms with Gasteiger partial charge < -0.3 is 5.32 Å². The van der Waals surface area contributed by atoms with Crippen molar-refractivity contribution < 1.29 is 0 Å². The normalized spacial score (nSPS) is 27.8. The Morgan fingerprint density at radius 1 is 1.50 bits per heavy atom.